The van der Waals surface area contributed by atoms with Crippen molar-refractivity contribution in [2.75, 3.05) is 12.8 Å². The average molecular weight is 268 g/mol. The van der Waals surface area contributed by atoms with Crippen LogP contribution in [-0.4, -0.2) is 38.9 Å². The number of aromatic nitrogens is 3. The van der Waals surface area contributed by atoms with Crippen LogP contribution in [0.5, 0.6) is 0 Å². The largest absolute Gasteiger partial charge is 0.316 e. The molecule has 0 amide bonds. The van der Waals surface area contributed by atoms with Crippen molar-refractivity contribution in [2.45, 2.75) is 56.9 Å². The van der Waals surface area contributed by atoms with Crippen LogP contribution in [0, 0.1) is 0 Å². The van der Waals surface area contributed by atoms with Crippen molar-refractivity contribution in [3.05, 3.63) is 12.2 Å². The first-order valence-electron chi connectivity index (χ1n) is 6.99. The summed E-state index contributed by atoms with van der Waals surface area (Å²) >= 11 is 2.13. The van der Waals surface area contributed by atoms with Crippen LogP contribution < -0.4 is 5.32 Å². The third-order valence-electron chi connectivity index (χ3n) is 3.67. The summed E-state index contributed by atoms with van der Waals surface area (Å²) in [7, 11) is 2.05. The molecule has 0 aliphatic heterocycles. The number of hydrogen-bond acceptors (Lipinski definition) is 4. The summed E-state index contributed by atoms with van der Waals surface area (Å²) in [6, 6.07) is 0.505. The third-order valence-corrected chi connectivity index (χ3v) is 5.21. The summed E-state index contributed by atoms with van der Waals surface area (Å²) in [6.07, 6.45) is 8.30. The first-order chi connectivity index (χ1) is 8.83. The number of rotatable bonds is 7. The smallest absolute Gasteiger partial charge is 0.138 e. The highest BCUT2D eigenvalue weighted by molar-refractivity contribution is 7.99. The van der Waals surface area contributed by atoms with Gasteiger partial charge in [-0.3, -0.25) is 4.68 Å². The Balaban J connectivity index is 1.81. The molecular weight excluding hydrogens is 244 g/mol. The fourth-order valence-electron chi connectivity index (χ4n) is 2.48. The summed E-state index contributed by atoms with van der Waals surface area (Å²) in [5, 5.41) is 8.54. The van der Waals surface area contributed by atoms with Crippen molar-refractivity contribution in [3.63, 3.8) is 0 Å². The van der Waals surface area contributed by atoms with Gasteiger partial charge in [-0.2, -0.15) is 16.9 Å². The molecule has 1 aliphatic rings. The van der Waals surface area contributed by atoms with E-state index in [0.717, 1.165) is 24.0 Å². The van der Waals surface area contributed by atoms with Crippen LogP contribution in [0.2, 0.25) is 0 Å². The lowest BCUT2D eigenvalue weighted by Gasteiger charge is -2.18. The Morgan fingerprint density at radius 2 is 2.28 bits per heavy atom. The Hall–Kier alpha value is -0.550. The first-order valence-corrected chi connectivity index (χ1v) is 8.04. The van der Waals surface area contributed by atoms with Gasteiger partial charge in [-0.1, -0.05) is 12.8 Å². The highest BCUT2D eigenvalue weighted by atomic mass is 32.2. The molecule has 0 saturated heterocycles. The van der Waals surface area contributed by atoms with Gasteiger partial charge in [0.05, 0.1) is 0 Å². The summed E-state index contributed by atoms with van der Waals surface area (Å²) in [5.41, 5.74) is 0. The Morgan fingerprint density at radius 3 is 2.94 bits per heavy atom. The molecule has 1 atom stereocenters. The van der Waals surface area contributed by atoms with Crippen molar-refractivity contribution in [2.24, 2.45) is 0 Å². The second-order valence-corrected chi connectivity index (χ2v) is 6.25. The van der Waals surface area contributed by atoms with Gasteiger partial charge in [-0.05, 0) is 26.8 Å². The number of nitrogens with zero attached hydrogens (tertiary/aromatic N) is 3. The van der Waals surface area contributed by atoms with Crippen molar-refractivity contribution in [3.8, 4) is 0 Å². The van der Waals surface area contributed by atoms with Gasteiger partial charge in [-0.25, -0.2) is 4.98 Å². The molecule has 18 heavy (non-hydrogen) atoms. The SMILES string of the molecule is CCn1ncnc1CC(CSC1CCCC1)NC. The standard InChI is InChI=1S/C13H24N4S/c1-3-17-13(15-10-16-17)8-11(14-2)9-18-12-6-4-5-7-12/h10-12,14H,3-9H2,1-2H3. The first kappa shape index (κ1) is 13.9. The van der Waals surface area contributed by atoms with Gasteiger partial charge >= 0.3 is 0 Å². The minimum absolute atomic E-state index is 0.505. The number of nitrogens with one attached hydrogen (secondary N) is 1. The van der Waals surface area contributed by atoms with E-state index < -0.39 is 0 Å². The number of hydrogen-bond donors (Lipinski definition) is 1. The molecule has 1 aromatic heterocycles. The van der Waals surface area contributed by atoms with Gasteiger partial charge in [0.2, 0.25) is 0 Å². The topological polar surface area (TPSA) is 42.7 Å². The normalized spacial score (nSPS) is 18.3. The second kappa shape index (κ2) is 7.14. The van der Waals surface area contributed by atoms with Gasteiger partial charge in [0.15, 0.2) is 0 Å². The molecule has 0 aromatic carbocycles. The van der Waals surface area contributed by atoms with E-state index >= 15 is 0 Å². The van der Waals surface area contributed by atoms with Crippen LogP contribution in [0.15, 0.2) is 6.33 Å². The average Bonchev–Trinajstić information content (AvgIpc) is 3.05. The Kier molecular flexibility index (Phi) is 5.50. The summed E-state index contributed by atoms with van der Waals surface area (Å²) in [4.78, 5) is 4.36. The predicted octanol–water partition coefficient (Wildman–Crippen LogP) is 2.10. The van der Waals surface area contributed by atoms with E-state index in [1.807, 2.05) is 11.7 Å². The molecule has 0 spiro atoms. The molecule has 1 unspecified atom stereocenters. The molecular formula is C13H24N4S. The maximum absolute atomic E-state index is 4.36. The number of likely N-dealkylation sites (N-methyl/N-ethyl adjacent to an activating group) is 1. The van der Waals surface area contributed by atoms with E-state index in [2.05, 4.69) is 34.1 Å². The quantitative estimate of drug-likeness (QED) is 0.822. The maximum Gasteiger partial charge on any atom is 0.138 e. The Morgan fingerprint density at radius 1 is 1.50 bits per heavy atom. The molecule has 0 radical (unpaired) electrons. The molecule has 4 nitrogen and oxygen atoms in total. The lowest BCUT2D eigenvalue weighted by Crippen LogP contribution is -2.32. The summed E-state index contributed by atoms with van der Waals surface area (Å²) in [6.45, 7) is 3.02. The van der Waals surface area contributed by atoms with Crippen LogP contribution in [0.4, 0.5) is 0 Å². The number of aryl methyl sites for hydroxylation is 1. The van der Waals surface area contributed by atoms with Crippen molar-refractivity contribution >= 4 is 11.8 Å². The Labute approximate surface area is 114 Å². The van der Waals surface area contributed by atoms with Crippen LogP contribution in [-0.2, 0) is 13.0 Å². The summed E-state index contributed by atoms with van der Waals surface area (Å²) < 4.78 is 1.99. The van der Waals surface area contributed by atoms with E-state index in [1.54, 1.807) is 6.33 Å². The summed E-state index contributed by atoms with van der Waals surface area (Å²) in [5.74, 6) is 2.28. The predicted molar refractivity (Wildman–Crippen MR) is 77.0 cm³/mol. The van der Waals surface area contributed by atoms with E-state index in [4.69, 9.17) is 0 Å². The lowest BCUT2D eigenvalue weighted by molar-refractivity contribution is 0.548. The van der Waals surface area contributed by atoms with Crippen molar-refractivity contribution in [1.82, 2.24) is 20.1 Å². The van der Waals surface area contributed by atoms with Gasteiger partial charge in [0, 0.05) is 30.0 Å². The van der Waals surface area contributed by atoms with E-state index in [-0.39, 0.29) is 0 Å². The highest BCUT2D eigenvalue weighted by Crippen LogP contribution is 2.29. The van der Waals surface area contributed by atoms with Gasteiger partial charge in [0.1, 0.15) is 12.2 Å². The van der Waals surface area contributed by atoms with Gasteiger partial charge in [-0.15, -0.1) is 0 Å². The van der Waals surface area contributed by atoms with Crippen LogP contribution in [0.1, 0.15) is 38.4 Å². The Bertz CT molecular complexity index is 347. The zero-order valence-electron chi connectivity index (χ0n) is 11.4. The minimum Gasteiger partial charge on any atom is -0.316 e. The zero-order valence-corrected chi connectivity index (χ0v) is 12.2. The zero-order chi connectivity index (χ0) is 12.8. The van der Waals surface area contributed by atoms with E-state index in [0.29, 0.717) is 6.04 Å². The molecule has 1 saturated carbocycles. The molecule has 102 valence electrons. The molecule has 0 bridgehead atoms. The second-order valence-electron chi connectivity index (χ2n) is 4.92. The molecule has 1 heterocycles. The highest BCUT2D eigenvalue weighted by Gasteiger charge is 2.18. The van der Waals surface area contributed by atoms with Crippen molar-refractivity contribution in [1.29, 1.82) is 0 Å². The van der Waals surface area contributed by atoms with Gasteiger partial charge in [0.25, 0.3) is 0 Å². The molecule has 1 aliphatic carbocycles. The van der Waals surface area contributed by atoms with Crippen LogP contribution >= 0.6 is 11.8 Å². The fourth-order valence-corrected chi connectivity index (χ4v) is 3.94. The van der Waals surface area contributed by atoms with Crippen LogP contribution in [0.25, 0.3) is 0 Å². The molecule has 1 aromatic rings. The molecule has 2 rings (SSSR count). The molecule has 1 fully saturated rings. The monoisotopic (exact) mass is 268 g/mol. The number of thioether (sulfide) groups is 1. The van der Waals surface area contributed by atoms with Crippen molar-refractivity contribution < 1.29 is 0 Å². The van der Waals surface area contributed by atoms with Gasteiger partial charge < -0.3 is 5.32 Å². The molecule has 5 heteroatoms. The lowest BCUT2D eigenvalue weighted by atomic mass is 10.2. The van der Waals surface area contributed by atoms with Crippen LogP contribution in [0.3, 0.4) is 0 Å². The maximum atomic E-state index is 4.36. The third kappa shape index (κ3) is 3.72. The molecule has 1 N–H and O–H groups in total. The fraction of sp³-hybridized carbons (Fsp3) is 0.846. The minimum atomic E-state index is 0.505. The van der Waals surface area contributed by atoms with E-state index in [1.165, 1.54) is 31.4 Å². The van der Waals surface area contributed by atoms with E-state index in [9.17, 15) is 0 Å².